The maximum Gasteiger partial charge on any atom is 0.119 e. The van der Waals surface area contributed by atoms with E-state index in [-0.39, 0.29) is 0 Å². The van der Waals surface area contributed by atoms with Crippen molar-refractivity contribution in [1.82, 2.24) is 0 Å². The van der Waals surface area contributed by atoms with E-state index in [1.807, 2.05) is 0 Å². The second kappa shape index (κ2) is 11.1. The molecule has 1 aliphatic carbocycles. The largest absolute Gasteiger partial charge is 0.494 e. The standard InChI is InChI=1S/C31H36O3/c1-2-3-19-33-27-16-18-30-25(21-27)13-17-29(23-8-5-4-6-9-23)31(30)24-11-14-26(15-12-24)32-20-7-10-28-22-34-28/h4-6,8-9,11-12,14-16,18,21,28-29,31H,2-3,7,10,13,17,19-20,22H2,1H3/t28?,29-,31+/m1/s1. The Kier molecular flexibility index (Phi) is 7.50. The maximum absolute atomic E-state index is 6.02. The number of benzene rings is 3. The molecule has 3 nitrogen and oxygen atoms in total. The number of aryl methyl sites for hydroxylation is 1. The fourth-order valence-electron chi connectivity index (χ4n) is 5.20. The lowest BCUT2D eigenvalue weighted by Crippen LogP contribution is -2.20. The van der Waals surface area contributed by atoms with Crippen molar-refractivity contribution in [2.75, 3.05) is 19.8 Å². The number of ether oxygens (including phenoxy) is 3. The molecular weight excluding hydrogens is 420 g/mol. The number of epoxide rings is 1. The first-order valence-electron chi connectivity index (χ1n) is 13.0. The summed E-state index contributed by atoms with van der Waals surface area (Å²) in [6, 6.07) is 26.6. The first kappa shape index (κ1) is 23.0. The molecule has 5 rings (SSSR count). The van der Waals surface area contributed by atoms with Gasteiger partial charge in [-0.1, -0.05) is 61.9 Å². The summed E-state index contributed by atoms with van der Waals surface area (Å²) in [5, 5.41) is 0. The van der Waals surface area contributed by atoms with Gasteiger partial charge in [-0.25, -0.2) is 0 Å². The van der Waals surface area contributed by atoms with E-state index >= 15 is 0 Å². The second-order valence-corrected chi connectivity index (χ2v) is 9.61. The molecule has 0 amide bonds. The van der Waals surface area contributed by atoms with Crippen molar-refractivity contribution in [1.29, 1.82) is 0 Å². The van der Waals surface area contributed by atoms with Crippen LogP contribution < -0.4 is 9.47 Å². The predicted molar refractivity (Wildman–Crippen MR) is 137 cm³/mol. The van der Waals surface area contributed by atoms with Crippen molar-refractivity contribution in [3.05, 3.63) is 95.1 Å². The molecule has 34 heavy (non-hydrogen) atoms. The molecule has 1 heterocycles. The quantitative estimate of drug-likeness (QED) is 0.224. The minimum Gasteiger partial charge on any atom is -0.494 e. The van der Waals surface area contributed by atoms with E-state index in [1.54, 1.807) is 0 Å². The summed E-state index contributed by atoms with van der Waals surface area (Å²) in [5.74, 6) is 2.75. The Bertz CT molecular complexity index is 1040. The summed E-state index contributed by atoms with van der Waals surface area (Å²) in [4.78, 5) is 0. The van der Waals surface area contributed by atoms with Gasteiger partial charge >= 0.3 is 0 Å². The lowest BCUT2D eigenvalue weighted by atomic mass is 9.69. The molecule has 3 aromatic carbocycles. The molecule has 1 unspecified atom stereocenters. The van der Waals surface area contributed by atoms with Crippen LogP contribution in [-0.2, 0) is 11.2 Å². The van der Waals surface area contributed by atoms with Crippen LogP contribution in [0.4, 0.5) is 0 Å². The summed E-state index contributed by atoms with van der Waals surface area (Å²) in [6.07, 6.45) is 7.09. The van der Waals surface area contributed by atoms with Crippen LogP contribution >= 0.6 is 0 Å². The highest BCUT2D eigenvalue weighted by Crippen LogP contribution is 2.47. The molecule has 0 saturated carbocycles. The summed E-state index contributed by atoms with van der Waals surface area (Å²) in [5.41, 5.74) is 5.63. The zero-order chi connectivity index (χ0) is 23.2. The molecule has 0 aromatic heterocycles. The highest BCUT2D eigenvalue weighted by Gasteiger charge is 2.32. The fraction of sp³-hybridized carbons (Fsp3) is 0.419. The normalized spacial score (nSPS) is 21.0. The molecule has 1 aliphatic heterocycles. The van der Waals surface area contributed by atoms with Crippen molar-refractivity contribution < 1.29 is 14.2 Å². The number of hydrogen-bond donors (Lipinski definition) is 0. The molecule has 3 heteroatoms. The number of fused-ring (bicyclic) bond motifs is 1. The van der Waals surface area contributed by atoms with Crippen molar-refractivity contribution >= 4 is 0 Å². The number of rotatable bonds is 11. The molecule has 0 spiro atoms. The molecule has 178 valence electrons. The SMILES string of the molecule is CCCCOc1ccc2c(c1)CC[C@H](c1ccccc1)[C@@H]2c1ccc(OCCCC2CO2)cc1. The molecule has 1 saturated heterocycles. The number of hydrogen-bond acceptors (Lipinski definition) is 3. The minimum atomic E-state index is 0.330. The monoisotopic (exact) mass is 456 g/mol. The molecule has 2 aliphatic rings. The highest BCUT2D eigenvalue weighted by atomic mass is 16.6. The van der Waals surface area contributed by atoms with E-state index in [0.717, 1.165) is 69.8 Å². The van der Waals surface area contributed by atoms with E-state index in [4.69, 9.17) is 14.2 Å². The maximum atomic E-state index is 6.02. The van der Waals surface area contributed by atoms with Crippen LogP contribution in [0.1, 0.15) is 73.1 Å². The average Bonchev–Trinajstić information content (AvgIpc) is 3.72. The molecule has 0 radical (unpaired) electrons. The van der Waals surface area contributed by atoms with Gasteiger partial charge in [-0.3, -0.25) is 0 Å². The Labute approximate surface area is 204 Å². The van der Waals surface area contributed by atoms with Crippen LogP contribution in [0.2, 0.25) is 0 Å². The molecule has 0 bridgehead atoms. The Morgan fingerprint density at radius 2 is 1.56 bits per heavy atom. The molecule has 1 fully saturated rings. The smallest absolute Gasteiger partial charge is 0.119 e. The van der Waals surface area contributed by atoms with Gasteiger partial charge < -0.3 is 14.2 Å². The Balaban J connectivity index is 1.37. The average molecular weight is 457 g/mol. The summed E-state index contributed by atoms with van der Waals surface area (Å²) in [7, 11) is 0. The zero-order valence-corrected chi connectivity index (χ0v) is 20.2. The molecule has 3 atom stereocenters. The van der Waals surface area contributed by atoms with E-state index < -0.39 is 0 Å². The minimum absolute atomic E-state index is 0.330. The Morgan fingerprint density at radius 1 is 0.824 bits per heavy atom. The third kappa shape index (κ3) is 5.64. The van der Waals surface area contributed by atoms with E-state index in [1.165, 1.54) is 22.3 Å². The lowest BCUT2D eigenvalue weighted by molar-refractivity contribution is 0.293. The molecular formula is C31H36O3. The molecule has 3 aromatic rings. The fourth-order valence-corrected chi connectivity index (χ4v) is 5.20. The third-order valence-electron chi connectivity index (χ3n) is 7.15. The van der Waals surface area contributed by atoms with Crippen LogP contribution in [0.15, 0.2) is 72.8 Å². The van der Waals surface area contributed by atoms with Gasteiger partial charge in [0.25, 0.3) is 0 Å². The second-order valence-electron chi connectivity index (χ2n) is 9.61. The molecule has 0 N–H and O–H groups in total. The summed E-state index contributed by atoms with van der Waals surface area (Å²) >= 11 is 0. The van der Waals surface area contributed by atoms with Crippen LogP contribution in [0.5, 0.6) is 11.5 Å². The van der Waals surface area contributed by atoms with Gasteiger partial charge in [0, 0.05) is 5.92 Å². The van der Waals surface area contributed by atoms with Gasteiger partial charge in [-0.2, -0.15) is 0 Å². The van der Waals surface area contributed by atoms with Gasteiger partial charge in [0.1, 0.15) is 11.5 Å². The highest BCUT2D eigenvalue weighted by molar-refractivity contribution is 5.48. The van der Waals surface area contributed by atoms with Crippen LogP contribution in [0, 0.1) is 0 Å². The summed E-state index contributed by atoms with van der Waals surface area (Å²) < 4.78 is 17.3. The van der Waals surface area contributed by atoms with E-state index in [0.29, 0.717) is 17.9 Å². The summed E-state index contributed by atoms with van der Waals surface area (Å²) in [6.45, 7) is 4.66. The van der Waals surface area contributed by atoms with Gasteiger partial charge in [-0.15, -0.1) is 0 Å². The van der Waals surface area contributed by atoms with Gasteiger partial charge in [0.2, 0.25) is 0 Å². The number of unbranched alkanes of at least 4 members (excludes halogenated alkanes) is 1. The first-order valence-corrected chi connectivity index (χ1v) is 13.0. The topological polar surface area (TPSA) is 31.0 Å². The van der Waals surface area contributed by atoms with E-state index in [2.05, 4.69) is 79.7 Å². The Morgan fingerprint density at radius 3 is 2.32 bits per heavy atom. The van der Waals surface area contributed by atoms with Crippen LogP contribution in [-0.4, -0.2) is 25.9 Å². The van der Waals surface area contributed by atoms with Gasteiger partial charge in [-0.05, 0) is 84.5 Å². The van der Waals surface area contributed by atoms with Gasteiger partial charge in [0.05, 0.1) is 25.9 Å². The van der Waals surface area contributed by atoms with Crippen LogP contribution in [0.3, 0.4) is 0 Å². The van der Waals surface area contributed by atoms with Gasteiger partial charge in [0.15, 0.2) is 0 Å². The van der Waals surface area contributed by atoms with Crippen LogP contribution in [0.25, 0.3) is 0 Å². The van der Waals surface area contributed by atoms with Crippen molar-refractivity contribution in [3.63, 3.8) is 0 Å². The lowest BCUT2D eigenvalue weighted by Gasteiger charge is -2.35. The van der Waals surface area contributed by atoms with E-state index in [9.17, 15) is 0 Å². The predicted octanol–water partition coefficient (Wildman–Crippen LogP) is 7.29. The van der Waals surface area contributed by atoms with Crippen molar-refractivity contribution in [2.24, 2.45) is 0 Å². The third-order valence-corrected chi connectivity index (χ3v) is 7.15. The van der Waals surface area contributed by atoms with Crippen molar-refractivity contribution in [3.8, 4) is 11.5 Å². The zero-order valence-electron chi connectivity index (χ0n) is 20.2. The Hall–Kier alpha value is -2.78. The first-order chi connectivity index (χ1) is 16.8. The van der Waals surface area contributed by atoms with Crippen molar-refractivity contribution in [2.45, 2.75) is 63.4 Å².